The molecule has 272 valence electrons. The number of fused-ring (bicyclic) bond motifs is 3. The van der Waals surface area contributed by atoms with Gasteiger partial charge in [-0.25, -0.2) is 13.8 Å². The van der Waals surface area contributed by atoms with Crippen LogP contribution in [0, 0.1) is 29.4 Å². The number of benzene rings is 2. The predicted molar refractivity (Wildman–Crippen MR) is 174 cm³/mol. The van der Waals surface area contributed by atoms with Gasteiger partial charge in [-0.1, -0.05) is 23.6 Å². The zero-order chi connectivity index (χ0) is 37.9. The molecule has 2 aliphatic rings. The first-order valence-corrected chi connectivity index (χ1v) is 16.3. The lowest BCUT2D eigenvalue weighted by molar-refractivity contribution is -0.144. The van der Waals surface area contributed by atoms with Crippen molar-refractivity contribution in [1.29, 1.82) is 0 Å². The number of hydrogen-bond acceptors (Lipinski definition) is 5. The molecule has 3 atom stereocenters. The van der Waals surface area contributed by atoms with E-state index in [1.807, 2.05) is 0 Å². The van der Waals surface area contributed by atoms with Crippen LogP contribution < -0.4 is 11.1 Å². The Morgan fingerprint density at radius 1 is 1.10 bits per heavy atom. The largest absolute Gasteiger partial charge is 0.435 e. The van der Waals surface area contributed by atoms with Crippen molar-refractivity contribution in [3.05, 3.63) is 105 Å². The summed E-state index contributed by atoms with van der Waals surface area (Å²) in [6, 6.07) is 8.43. The Morgan fingerprint density at radius 2 is 1.79 bits per heavy atom. The first-order valence-electron chi connectivity index (χ1n) is 15.9. The molecule has 1 saturated carbocycles. The van der Waals surface area contributed by atoms with Gasteiger partial charge in [0, 0.05) is 23.1 Å². The number of primary amides is 1. The molecular formula is C36H29ClF7N5O3. The van der Waals surface area contributed by atoms with Gasteiger partial charge in [0.05, 0.1) is 22.3 Å². The van der Waals surface area contributed by atoms with Gasteiger partial charge >= 0.3 is 6.18 Å². The second kappa shape index (κ2) is 13.2. The van der Waals surface area contributed by atoms with Crippen molar-refractivity contribution in [2.75, 3.05) is 0 Å². The van der Waals surface area contributed by atoms with Crippen molar-refractivity contribution in [3.8, 4) is 23.0 Å². The van der Waals surface area contributed by atoms with Gasteiger partial charge in [-0.3, -0.25) is 14.3 Å². The Morgan fingerprint density at radius 3 is 2.38 bits per heavy atom. The fourth-order valence-corrected chi connectivity index (χ4v) is 6.88. The summed E-state index contributed by atoms with van der Waals surface area (Å²) in [5.41, 5.74) is 1.47. The molecule has 4 N–H and O–H groups in total. The smallest absolute Gasteiger partial charge is 0.378 e. The van der Waals surface area contributed by atoms with E-state index in [0.717, 1.165) is 12.1 Å². The van der Waals surface area contributed by atoms with Crippen molar-refractivity contribution in [1.82, 2.24) is 20.1 Å². The molecule has 2 amide bonds. The van der Waals surface area contributed by atoms with E-state index in [1.165, 1.54) is 44.2 Å². The van der Waals surface area contributed by atoms with Crippen molar-refractivity contribution in [2.45, 2.75) is 69.3 Å². The molecule has 3 unspecified atom stereocenters. The molecule has 2 aromatic carbocycles. The summed E-state index contributed by atoms with van der Waals surface area (Å²) in [4.78, 5) is 30.4. The average Bonchev–Trinajstić information content (AvgIpc) is 3.44. The third-order valence-corrected chi connectivity index (χ3v) is 9.30. The molecule has 0 aliphatic heterocycles. The summed E-state index contributed by atoms with van der Waals surface area (Å²) in [5.74, 6) is -4.65. The Hall–Kier alpha value is -4.94. The van der Waals surface area contributed by atoms with Crippen LogP contribution in [0.1, 0.15) is 82.9 Å². The van der Waals surface area contributed by atoms with Gasteiger partial charge in [0.15, 0.2) is 5.69 Å². The molecule has 1 fully saturated rings. The number of hydrogen-bond donors (Lipinski definition) is 3. The number of halogens is 8. The van der Waals surface area contributed by atoms with Crippen LogP contribution >= 0.6 is 11.6 Å². The van der Waals surface area contributed by atoms with Gasteiger partial charge in [0.2, 0.25) is 11.8 Å². The number of nitrogens with two attached hydrogens (primary N) is 1. The number of aromatic nitrogens is 3. The van der Waals surface area contributed by atoms with Crippen LogP contribution in [0.4, 0.5) is 30.7 Å². The summed E-state index contributed by atoms with van der Waals surface area (Å²) in [7, 11) is 0. The van der Waals surface area contributed by atoms with E-state index >= 15 is 8.78 Å². The molecular weight excluding hydrogens is 719 g/mol. The zero-order valence-corrected chi connectivity index (χ0v) is 28.1. The standard InChI is InChI=1S/C36H29ClF7N5O3/c1-34(2,52)10-9-21-4-5-22(18-3-8-26(37)24(14-18)33(45)51)30(46-21)27(13-17-11-19(38)15-20(39)12-17)47-28(50)16-49-32-29(31(48-49)36(42,43)44)23-6-7-25(23)35(32,40)41/h3-5,8,11-12,14-15,23,25,27,52H,6-7,13,16H2,1-2H3,(H2,45,51)(H,47,50). The normalized spacial score (nSPS) is 18.1. The fourth-order valence-electron chi connectivity index (χ4n) is 6.67. The third kappa shape index (κ3) is 7.22. The Labute approximate surface area is 297 Å². The lowest BCUT2D eigenvalue weighted by atomic mass is 9.73. The molecule has 0 saturated heterocycles. The minimum absolute atomic E-state index is 0.00538. The number of amides is 2. The number of carbonyl (C=O) groups excluding carboxylic acids is 2. The number of aliphatic hydroxyl groups is 1. The summed E-state index contributed by atoms with van der Waals surface area (Å²) in [6.07, 6.45) is -5.32. The highest BCUT2D eigenvalue weighted by Gasteiger charge is 2.63. The number of alkyl halides is 5. The lowest BCUT2D eigenvalue weighted by Crippen LogP contribution is -2.36. The topological polar surface area (TPSA) is 123 Å². The number of rotatable bonds is 8. The summed E-state index contributed by atoms with van der Waals surface area (Å²) >= 11 is 6.17. The average molecular weight is 748 g/mol. The highest BCUT2D eigenvalue weighted by Crippen LogP contribution is 2.64. The molecule has 0 spiro atoms. The molecule has 4 aromatic rings. The molecule has 6 rings (SSSR count). The first-order chi connectivity index (χ1) is 24.2. The number of nitrogens with zero attached hydrogens (tertiary/aromatic N) is 3. The molecule has 0 radical (unpaired) electrons. The highest BCUT2D eigenvalue weighted by molar-refractivity contribution is 6.33. The quantitative estimate of drug-likeness (QED) is 0.135. The lowest BCUT2D eigenvalue weighted by Gasteiger charge is -2.34. The van der Waals surface area contributed by atoms with Crippen LogP contribution in [0.3, 0.4) is 0 Å². The van der Waals surface area contributed by atoms with Crippen LogP contribution in [0.25, 0.3) is 11.1 Å². The van der Waals surface area contributed by atoms with E-state index in [-0.39, 0.29) is 52.4 Å². The third-order valence-electron chi connectivity index (χ3n) is 8.97. The van der Waals surface area contributed by atoms with E-state index in [2.05, 4.69) is 27.2 Å². The van der Waals surface area contributed by atoms with Gasteiger partial charge in [0.1, 0.15) is 35.2 Å². The van der Waals surface area contributed by atoms with Crippen LogP contribution in [0.15, 0.2) is 48.5 Å². The molecule has 2 aliphatic carbocycles. The SMILES string of the molecule is CC(C)(O)C#Cc1ccc(-c2ccc(Cl)c(C(N)=O)c2)c(C(Cc2cc(F)cc(F)c2)NC(=O)Cn2nc(C(F)(F)F)c3c2C(F)(F)C2CCC32)n1. The maximum Gasteiger partial charge on any atom is 0.435 e. The van der Waals surface area contributed by atoms with Crippen LogP contribution in [0.5, 0.6) is 0 Å². The van der Waals surface area contributed by atoms with Gasteiger partial charge in [-0.2, -0.15) is 27.1 Å². The van der Waals surface area contributed by atoms with Crippen molar-refractivity contribution < 1.29 is 45.4 Å². The second-order valence-corrected chi connectivity index (χ2v) is 13.7. The van der Waals surface area contributed by atoms with Crippen molar-refractivity contribution in [2.24, 2.45) is 11.7 Å². The van der Waals surface area contributed by atoms with E-state index in [9.17, 15) is 36.6 Å². The maximum absolute atomic E-state index is 15.5. The van der Waals surface area contributed by atoms with E-state index < -0.39 is 82.5 Å². The first kappa shape index (κ1) is 36.8. The maximum atomic E-state index is 15.5. The fraction of sp³-hybridized carbons (Fsp3) is 0.333. The van der Waals surface area contributed by atoms with Gasteiger partial charge in [0.25, 0.3) is 5.92 Å². The van der Waals surface area contributed by atoms with Gasteiger partial charge in [-0.05, 0) is 92.5 Å². The minimum atomic E-state index is -5.07. The molecule has 0 bridgehead atoms. The summed E-state index contributed by atoms with van der Waals surface area (Å²) in [6.45, 7) is 1.77. The number of nitrogens with one attached hydrogen (secondary N) is 1. The monoisotopic (exact) mass is 747 g/mol. The predicted octanol–water partition coefficient (Wildman–Crippen LogP) is 6.82. The molecule has 2 aromatic heterocycles. The van der Waals surface area contributed by atoms with Gasteiger partial charge < -0.3 is 16.2 Å². The summed E-state index contributed by atoms with van der Waals surface area (Å²) in [5, 5.41) is 16.2. The van der Waals surface area contributed by atoms with Crippen molar-refractivity contribution >= 4 is 23.4 Å². The van der Waals surface area contributed by atoms with Crippen LogP contribution in [0.2, 0.25) is 5.02 Å². The Kier molecular flexibility index (Phi) is 9.38. The molecule has 8 nitrogen and oxygen atoms in total. The molecule has 52 heavy (non-hydrogen) atoms. The minimum Gasteiger partial charge on any atom is -0.378 e. The second-order valence-electron chi connectivity index (χ2n) is 13.3. The highest BCUT2D eigenvalue weighted by atomic mass is 35.5. The Balaban J connectivity index is 1.47. The van der Waals surface area contributed by atoms with Crippen LogP contribution in [-0.2, 0) is 29.9 Å². The number of pyridine rings is 1. The Bertz CT molecular complexity index is 2150. The van der Waals surface area contributed by atoms with Crippen LogP contribution in [-0.4, -0.2) is 37.3 Å². The summed E-state index contributed by atoms with van der Waals surface area (Å²) < 4.78 is 102. The molecule has 2 heterocycles. The molecule has 16 heteroatoms. The van der Waals surface area contributed by atoms with Gasteiger partial charge in [-0.15, -0.1) is 0 Å². The van der Waals surface area contributed by atoms with E-state index in [1.54, 1.807) is 0 Å². The number of carbonyl (C=O) groups is 2. The zero-order valence-electron chi connectivity index (χ0n) is 27.4. The van der Waals surface area contributed by atoms with E-state index in [0.29, 0.717) is 16.3 Å². The van der Waals surface area contributed by atoms with E-state index in [4.69, 9.17) is 17.3 Å². The van der Waals surface area contributed by atoms with Crippen molar-refractivity contribution in [3.63, 3.8) is 0 Å².